The van der Waals surface area contributed by atoms with Crippen LogP contribution in [0.1, 0.15) is 36.5 Å². The van der Waals surface area contributed by atoms with Gasteiger partial charge in [-0.05, 0) is 18.9 Å². The molecule has 3 rings (SSSR count). The van der Waals surface area contributed by atoms with E-state index in [1.54, 1.807) is 0 Å². The molecule has 0 bridgehead atoms. The van der Waals surface area contributed by atoms with Gasteiger partial charge in [0.2, 0.25) is 0 Å². The summed E-state index contributed by atoms with van der Waals surface area (Å²) in [7, 11) is 2.04. The lowest BCUT2D eigenvalue weighted by Crippen LogP contribution is -2.07. The van der Waals surface area contributed by atoms with Gasteiger partial charge in [-0.15, -0.1) is 0 Å². The summed E-state index contributed by atoms with van der Waals surface area (Å²) in [6, 6.07) is 10.5. The summed E-state index contributed by atoms with van der Waals surface area (Å²) in [6.07, 6.45) is 2.86. The minimum absolute atomic E-state index is 0.288. The van der Waals surface area contributed by atoms with Crippen LogP contribution >= 0.6 is 0 Å². The molecule has 1 aromatic carbocycles. The topological polar surface area (TPSA) is 43.6 Å². The van der Waals surface area contributed by atoms with E-state index in [-0.39, 0.29) is 5.92 Å². The lowest BCUT2D eigenvalue weighted by molar-refractivity contribution is 0.681. The van der Waals surface area contributed by atoms with E-state index in [0.717, 1.165) is 29.2 Å². The molecule has 0 saturated heterocycles. The first kappa shape index (κ1) is 12.8. The molecule has 3 aromatic rings. The van der Waals surface area contributed by atoms with Crippen LogP contribution in [-0.4, -0.2) is 19.5 Å². The van der Waals surface area contributed by atoms with Gasteiger partial charge in [0.15, 0.2) is 5.65 Å². The average molecular weight is 266 g/mol. The van der Waals surface area contributed by atoms with Crippen LogP contribution in [-0.2, 0) is 7.05 Å². The van der Waals surface area contributed by atoms with E-state index < -0.39 is 0 Å². The number of hydrogen-bond acceptors (Lipinski definition) is 3. The van der Waals surface area contributed by atoms with Crippen LogP contribution in [0.15, 0.2) is 36.5 Å². The normalized spacial score (nSPS) is 12.8. The summed E-state index contributed by atoms with van der Waals surface area (Å²) in [6.45, 7) is 4.08. The second kappa shape index (κ2) is 5.04. The van der Waals surface area contributed by atoms with Crippen LogP contribution in [0.25, 0.3) is 11.2 Å². The largest absolute Gasteiger partial charge is 0.328 e. The summed E-state index contributed by atoms with van der Waals surface area (Å²) in [5.74, 6) is 2.10. The zero-order chi connectivity index (χ0) is 14.1. The highest BCUT2D eigenvalue weighted by Crippen LogP contribution is 2.28. The van der Waals surface area contributed by atoms with Crippen molar-refractivity contribution < 1.29 is 0 Å². The molecule has 0 spiro atoms. The van der Waals surface area contributed by atoms with Gasteiger partial charge in [0.05, 0.1) is 6.20 Å². The van der Waals surface area contributed by atoms with Gasteiger partial charge in [-0.1, -0.05) is 37.3 Å². The quantitative estimate of drug-likeness (QED) is 0.731. The van der Waals surface area contributed by atoms with Crippen molar-refractivity contribution in [3.63, 3.8) is 0 Å². The first-order chi connectivity index (χ1) is 9.70. The number of hydrogen-bond donors (Lipinski definition) is 0. The molecular formula is C16H18N4. The molecule has 4 heteroatoms. The van der Waals surface area contributed by atoms with E-state index in [1.807, 2.05) is 26.2 Å². The van der Waals surface area contributed by atoms with Gasteiger partial charge < -0.3 is 4.57 Å². The molecule has 4 nitrogen and oxygen atoms in total. The Morgan fingerprint density at radius 1 is 1.15 bits per heavy atom. The Morgan fingerprint density at radius 3 is 2.60 bits per heavy atom. The highest BCUT2D eigenvalue weighted by molar-refractivity contribution is 5.70. The third-order valence-electron chi connectivity index (χ3n) is 3.72. The van der Waals surface area contributed by atoms with E-state index in [1.165, 1.54) is 5.56 Å². The Balaban J connectivity index is 2.15. The molecule has 0 aliphatic heterocycles. The highest BCUT2D eigenvalue weighted by Gasteiger charge is 2.19. The van der Waals surface area contributed by atoms with Crippen molar-refractivity contribution in [3.8, 4) is 0 Å². The van der Waals surface area contributed by atoms with E-state index in [9.17, 15) is 0 Å². The zero-order valence-electron chi connectivity index (χ0n) is 12.0. The molecule has 1 atom stereocenters. The Morgan fingerprint density at radius 2 is 1.90 bits per heavy atom. The molecule has 1 unspecified atom stereocenters. The number of nitrogens with zero attached hydrogens (tertiary/aromatic N) is 4. The molecule has 0 fully saturated rings. The molecule has 20 heavy (non-hydrogen) atoms. The average Bonchev–Trinajstić information content (AvgIpc) is 2.78. The van der Waals surface area contributed by atoms with Crippen molar-refractivity contribution in [2.75, 3.05) is 0 Å². The molecule has 102 valence electrons. The first-order valence-electron chi connectivity index (χ1n) is 6.91. The monoisotopic (exact) mass is 266 g/mol. The van der Waals surface area contributed by atoms with Crippen LogP contribution in [0, 0.1) is 6.92 Å². The Labute approximate surface area is 118 Å². The predicted octanol–water partition coefficient (Wildman–Crippen LogP) is 3.21. The summed E-state index contributed by atoms with van der Waals surface area (Å²) in [4.78, 5) is 13.4. The number of benzene rings is 1. The number of aryl methyl sites for hydroxylation is 2. The fourth-order valence-electron chi connectivity index (χ4n) is 2.64. The Kier molecular flexibility index (Phi) is 3.22. The fraction of sp³-hybridized carbons (Fsp3) is 0.312. The van der Waals surface area contributed by atoms with E-state index in [0.29, 0.717) is 0 Å². The van der Waals surface area contributed by atoms with Gasteiger partial charge in [0.25, 0.3) is 0 Å². The van der Waals surface area contributed by atoms with Crippen molar-refractivity contribution in [2.45, 2.75) is 26.2 Å². The van der Waals surface area contributed by atoms with Gasteiger partial charge >= 0.3 is 0 Å². The number of rotatable bonds is 3. The van der Waals surface area contributed by atoms with Crippen LogP contribution < -0.4 is 0 Å². The molecule has 0 saturated carbocycles. The van der Waals surface area contributed by atoms with E-state index in [2.05, 4.69) is 45.7 Å². The third kappa shape index (κ3) is 2.07. The predicted molar refractivity (Wildman–Crippen MR) is 79.6 cm³/mol. The minimum Gasteiger partial charge on any atom is -0.328 e. The van der Waals surface area contributed by atoms with Gasteiger partial charge in [0.1, 0.15) is 17.2 Å². The SMILES string of the molecule is CCC(c1ccccc1)c1nc2nc(C)ncc2n1C. The molecule has 0 amide bonds. The van der Waals surface area contributed by atoms with Crippen LogP contribution in [0.3, 0.4) is 0 Å². The van der Waals surface area contributed by atoms with Gasteiger partial charge in [-0.3, -0.25) is 0 Å². The van der Waals surface area contributed by atoms with Crippen molar-refractivity contribution in [1.82, 2.24) is 19.5 Å². The third-order valence-corrected chi connectivity index (χ3v) is 3.72. The summed E-state index contributed by atoms with van der Waals surface area (Å²) in [5.41, 5.74) is 3.06. The zero-order valence-corrected chi connectivity index (χ0v) is 12.0. The Bertz CT molecular complexity index is 731. The number of aromatic nitrogens is 4. The van der Waals surface area contributed by atoms with Crippen LogP contribution in [0.4, 0.5) is 0 Å². The lowest BCUT2D eigenvalue weighted by atomic mass is 9.96. The van der Waals surface area contributed by atoms with Crippen LogP contribution in [0.5, 0.6) is 0 Å². The van der Waals surface area contributed by atoms with Gasteiger partial charge in [0, 0.05) is 13.0 Å². The van der Waals surface area contributed by atoms with Gasteiger partial charge in [-0.2, -0.15) is 0 Å². The van der Waals surface area contributed by atoms with Gasteiger partial charge in [-0.25, -0.2) is 15.0 Å². The summed E-state index contributed by atoms with van der Waals surface area (Å²) in [5, 5.41) is 0. The Hall–Kier alpha value is -2.23. The second-order valence-corrected chi connectivity index (χ2v) is 5.03. The van der Waals surface area contributed by atoms with E-state index in [4.69, 9.17) is 4.98 Å². The maximum absolute atomic E-state index is 4.73. The lowest BCUT2D eigenvalue weighted by Gasteiger charge is -2.15. The molecule has 0 aliphatic carbocycles. The number of fused-ring (bicyclic) bond motifs is 1. The fourth-order valence-corrected chi connectivity index (χ4v) is 2.64. The minimum atomic E-state index is 0.288. The van der Waals surface area contributed by atoms with E-state index >= 15 is 0 Å². The van der Waals surface area contributed by atoms with Crippen LogP contribution in [0.2, 0.25) is 0 Å². The summed E-state index contributed by atoms with van der Waals surface area (Å²) < 4.78 is 2.11. The molecule has 0 aliphatic rings. The smallest absolute Gasteiger partial charge is 0.181 e. The molecule has 0 N–H and O–H groups in total. The molecule has 2 aromatic heterocycles. The number of imidazole rings is 1. The molecule has 0 radical (unpaired) electrons. The summed E-state index contributed by atoms with van der Waals surface area (Å²) >= 11 is 0. The molecular weight excluding hydrogens is 248 g/mol. The maximum atomic E-state index is 4.73. The standard InChI is InChI=1S/C16H18N4/c1-4-13(12-8-6-5-7-9-12)16-19-15-14(20(16)3)10-17-11(2)18-15/h5-10,13H,4H2,1-3H3. The van der Waals surface area contributed by atoms with Crippen molar-refractivity contribution in [2.24, 2.45) is 7.05 Å². The van der Waals surface area contributed by atoms with Crippen molar-refractivity contribution in [3.05, 3.63) is 53.7 Å². The molecule has 2 heterocycles. The first-order valence-corrected chi connectivity index (χ1v) is 6.91. The second-order valence-electron chi connectivity index (χ2n) is 5.03. The highest BCUT2D eigenvalue weighted by atomic mass is 15.1. The van der Waals surface area contributed by atoms with Crippen molar-refractivity contribution >= 4 is 11.2 Å². The van der Waals surface area contributed by atoms with Crippen molar-refractivity contribution in [1.29, 1.82) is 0 Å². The maximum Gasteiger partial charge on any atom is 0.181 e.